The van der Waals surface area contributed by atoms with Crippen molar-refractivity contribution in [2.75, 3.05) is 16.8 Å². The molecule has 2 N–H and O–H groups in total. The second-order valence-corrected chi connectivity index (χ2v) is 10.2. The number of pyridine rings is 1. The lowest BCUT2D eigenvalue weighted by Crippen LogP contribution is -2.36. The second-order valence-electron chi connectivity index (χ2n) is 7.96. The standard InChI is InChI=1S/C20H25N3O3S/c1-20(2,3)14-4-6-15(7-5-14)22-16-8-10-21-18(12-16)19(24)23-17-9-11-27(25,26)13-17/h4-8,10,12,17H,9,11,13H2,1-3H3,(H,21,22)(H,23,24). The summed E-state index contributed by atoms with van der Waals surface area (Å²) in [5, 5.41) is 6.03. The lowest BCUT2D eigenvalue weighted by molar-refractivity contribution is 0.0936. The van der Waals surface area contributed by atoms with E-state index in [1.165, 1.54) is 5.56 Å². The maximum Gasteiger partial charge on any atom is 0.270 e. The van der Waals surface area contributed by atoms with Gasteiger partial charge in [-0.05, 0) is 41.7 Å². The Labute approximate surface area is 160 Å². The van der Waals surface area contributed by atoms with Gasteiger partial charge in [0.1, 0.15) is 5.69 Å². The van der Waals surface area contributed by atoms with Crippen LogP contribution < -0.4 is 10.6 Å². The first-order valence-electron chi connectivity index (χ1n) is 8.97. The van der Waals surface area contributed by atoms with Gasteiger partial charge in [-0.1, -0.05) is 32.9 Å². The fourth-order valence-electron chi connectivity index (χ4n) is 3.02. The fourth-order valence-corrected chi connectivity index (χ4v) is 4.69. The van der Waals surface area contributed by atoms with Gasteiger partial charge in [-0.15, -0.1) is 0 Å². The number of nitrogens with zero attached hydrogens (tertiary/aromatic N) is 1. The third-order valence-electron chi connectivity index (χ3n) is 4.60. The minimum Gasteiger partial charge on any atom is -0.355 e. The monoisotopic (exact) mass is 387 g/mol. The van der Waals surface area contributed by atoms with E-state index >= 15 is 0 Å². The lowest BCUT2D eigenvalue weighted by atomic mass is 9.87. The summed E-state index contributed by atoms with van der Waals surface area (Å²) in [6.45, 7) is 6.50. The van der Waals surface area contributed by atoms with E-state index in [0.29, 0.717) is 6.42 Å². The van der Waals surface area contributed by atoms with Crippen LogP contribution in [0.4, 0.5) is 11.4 Å². The highest BCUT2D eigenvalue weighted by molar-refractivity contribution is 7.91. The summed E-state index contributed by atoms with van der Waals surface area (Å²) in [6, 6.07) is 11.3. The highest BCUT2D eigenvalue weighted by Gasteiger charge is 2.29. The van der Waals surface area contributed by atoms with Gasteiger partial charge >= 0.3 is 0 Å². The van der Waals surface area contributed by atoms with Gasteiger partial charge in [0.25, 0.3) is 5.91 Å². The molecule has 1 atom stereocenters. The van der Waals surface area contributed by atoms with Crippen molar-refractivity contribution in [1.82, 2.24) is 10.3 Å². The van der Waals surface area contributed by atoms with Gasteiger partial charge in [0.2, 0.25) is 0 Å². The Balaban J connectivity index is 1.67. The van der Waals surface area contributed by atoms with Crippen LogP contribution in [0, 0.1) is 0 Å². The Morgan fingerprint density at radius 1 is 1.11 bits per heavy atom. The van der Waals surface area contributed by atoms with Gasteiger partial charge < -0.3 is 10.6 Å². The average Bonchev–Trinajstić information content (AvgIpc) is 2.93. The maximum absolute atomic E-state index is 12.4. The number of amides is 1. The molecule has 0 saturated carbocycles. The highest BCUT2D eigenvalue weighted by atomic mass is 32.2. The van der Waals surface area contributed by atoms with E-state index in [1.807, 2.05) is 12.1 Å². The predicted molar refractivity (Wildman–Crippen MR) is 107 cm³/mol. The quantitative estimate of drug-likeness (QED) is 0.842. The molecule has 144 valence electrons. The topological polar surface area (TPSA) is 88.2 Å². The number of rotatable bonds is 4. The summed E-state index contributed by atoms with van der Waals surface area (Å²) in [6.07, 6.45) is 2.01. The first-order chi connectivity index (χ1) is 12.6. The maximum atomic E-state index is 12.4. The normalized spacial score (nSPS) is 18.9. The largest absolute Gasteiger partial charge is 0.355 e. The Hall–Kier alpha value is -2.41. The van der Waals surface area contributed by atoms with Crippen LogP contribution in [-0.2, 0) is 15.3 Å². The number of benzene rings is 1. The SMILES string of the molecule is CC(C)(C)c1ccc(Nc2ccnc(C(=O)NC3CCS(=O)(=O)C3)c2)cc1. The van der Waals surface area contributed by atoms with Crippen molar-refractivity contribution in [1.29, 1.82) is 0 Å². The number of nitrogens with one attached hydrogen (secondary N) is 2. The van der Waals surface area contributed by atoms with Crippen molar-refractivity contribution >= 4 is 27.1 Å². The molecule has 27 heavy (non-hydrogen) atoms. The molecule has 0 bridgehead atoms. The van der Waals surface area contributed by atoms with E-state index < -0.39 is 9.84 Å². The van der Waals surface area contributed by atoms with Crippen LogP contribution in [0.2, 0.25) is 0 Å². The molecule has 6 nitrogen and oxygen atoms in total. The number of hydrogen-bond acceptors (Lipinski definition) is 5. The van der Waals surface area contributed by atoms with E-state index in [-0.39, 0.29) is 34.6 Å². The van der Waals surface area contributed by atoms with Crippen LogP contribution in [0.5, 0.6) is 0 Å². The van der Waals surface area contributed by atoms with Gasteiger partial charge in [-0.3, -0.25) is 9.78 Å². The number of carbonyl (C=O) groups excluding carboxylic acids is 1. The molecular formula is C20H25N3O3S. The molecule has 3 rings (SSSR count). The molecule has 1 aliphatic heterocycles. The molecule has 1 saturated heterocycles. The zero-order valence-electron chi connectivity index (χ0n) is 15.8. The molecule has 7 heteroatoms. The zero-order chi connectivity index (χ0) is 19.7. The van der Waals surface area contributed by atoms with E-state index in [4.69, 9.17) is 0 Å². The number of hydrogen-bond donors (Lipinski definition) is 2. The van der Waals surface area contributed by atoms with Gasteiger partial charge in [0, 0.05) is 23.6 Å². The summed E-state index contributed by atoms with van der Waals surface area (Å²) in [4.78, 5) is 16.5. The minimum atomic E-state index is -3.03. The fraction of sp³-hybridized carbons (Fsp3) is 0.400. The van der Waals surface area contributed by atoms with Gasteiger partial charge in [-0.25, -0.2) is 8.42 Å². The smallest absolute Gasteiger partial charge is 0.270 e. The van der Waals surface area contributed by atoms with Gasteiger partial charge in [0.15, 0.2) is 9.84 Å². The van der Waals surface area contributed by atoms with E-state index in [0.717, 1.165) is 11.4 Å². The molecule has 1 unspecified atom stereocenters. The number of anilines is 2. The van der Waals surface area contributed by atoms with Crippen LogP contribution in [0.15, 0.2) is 42.6 Å². The first kappa shape index (κ1) is 19.4. The van der Waals surface area contributed by atoms with Crippen LogP contribution in [0.25, 0.3) is 0 Å². The summed E-state index contributed by atoms with van der Waals surface area (Å²) in [5.41, 5.74) is 3.26. The van der Waals surface area contributed by atoms with E-state index in [2.05, 4.69) is 48.5 Å². The van der Waals surface area contributed by atoms with Crippen molar-refractivity contribution < 1.29 is 13.2 Å². The number of carbonyl (C=O) groups is 1. The van der Waals surface area contributed by atoms with Gasteiger partial charge in [0.05, 0.1) is 11.5 Å². The van der Waals surface area contributed by atoms with E-state index in [9.17, 15) is 13.2 Å². The Morgan fingerprint density at radius 3 is 2.41 bits per heavy atom. The number of sulfone groups is 1. The molecule has 1 aromatic heterocycles. The third kappa shape index (κ3) is 5.07. The van der Waals surface area contributed by atoms with Crippen LogP contribution >= 0.6 is 0 Å². The molecule has 1 amide bonds. The third-order valence-corrected chi connectivity index (χ3v) is 6.37. The average molecular weight is 388 g/mol. The molecule has 1 aliphatic rings. The number of aromatic nitrogens is 1. The molecule has 0 radical (unpaired) electrons. The minimum absolute atomic E-state index is 0.00317. The second kappa shape index (κ2) is 7.31. The van der Waals surface area contributed by atoms with Crippen molar-refractivity contribution in [2.24, 2.45) is 0 Å². The van der Waals surface area contributed by atoms with Crippen LogP contribution in [-0.4, -0.2) is 36.9 Å². The summed E-state index contributed by atoms with van der Waals surface area (Å²) >= 11 is 0. The lowest BCUT2D eigenvalue weighted by Gasteiger charge is -2.19. The van der Waals surface area contributed by atoms with Crippen LogP contribution in [0.3, 0.4) is 0 Å². The van der Waals surface area contributed by atoms with Crippen molar-refractivity contribution in [2.45, 2.75) is 38.6 Å². The Bertz CT molecular complexity index is 932. The Morgan fingerprint density at radius 2 is 1.81 bits per heavy atom. The predicted octanol–water partition coefficient (Wildman–Crippen LogP) is 3.04. The zero-order valence-corrected chi connectivity index (χ0v) is 16.6. The summed E-state index contributed by atoms with van der Waals surface area (Å²) in [7, 11) is -3.03. The summed E-state index contributed by atoms with van der Waals surface area (Å²) in [5.74, 6) is -0.238. The molecule has 0 spiro atoms. The first-order valence-corrected chi connectivity index (χ1v) is 10.8. The van der Waals surface area contributed by atoms with Crippen molar-refractivity contribution in [3.8, 4) is 0 Å². The molecular weight excluding hydrogens is 362 g/mol. The highest BCUT2D eigenvalue weighted by Crippen LogP contribution is 2.25. The molecule has 1 fully saturated rings. The van der Waals surface area contributed by atoms with Crippen molar-refractivity contribution in [3.05, 3.63) is 53.9 Å². The van der Waals surface area contributed by atoms with Gasteiger partial charge in [-0.2, -0.15) is 0 Å². The molecule has 0 aliphatic carbocycles. The van der Waals surface area contributed by atoms with Crippen LogP contribution in [0.1, 0.15) is 43.2 Å². The van der Waals surface area contributed by atoms with Crippen molar-refractivity contribution in [3.63, 3.8) is 0 Å². The van der Waals surface area contributed by atoms with E-state index in [1.54, 1.807) is 18.3 Å². The Kier molecular flexibility index (Phi) is 5.24. The summed E-state index contributed by atoms with van der Waals surface area (Å²) < 4.78 is 23.1. The molecule has 1 aromatic carbocycles. The molecule has 2 heterocycles. The molecule has 2 aromatic rings.